The van der Waals surface area contributed by atoms with Crippen LogP contribution in [0.3, 0.4) is 0 Å². The van der Waals surface area contributed by atoms with E-state index in [1.165, 1.54) is 19.9 Å². The molecule has 0 radical (unpaired) electrons. The highest BCUT2D eigenvalue weighted by atomic mass is 16.7. The second-order valence-corrected chi connectivity index (χ2v) is 18.2. The predicted octanol–water partition coefficient (Wildman–Crippen LogP) is 0.889. The number of ether oxygens (including phenoxy) is 4. The van der Waals surface area contributed by atoms with Crippen LogP contribution in [0, 0.1) is 17.8 Å². The van der Waals surface area contributed by atoms with Gasteiger partial charge in [0.25, 0.3) is 0 Å². The Labute approximate surface area is 398 Å². The van der Waals surface area contributed by atoms with E-state index in [4.69, 9.17) is 18.9 Å². The van der Waals surface area contributed by atoms with Crippen molar-refractivity contribution < 1.29 is 89.5 Å². The largest absolute Gasteiger partial charge is 0.481 e. The summed E-state index contributed by atoms with van der Waals surface area (Å²) in [6, 6.07) is -1.21. The Morgan fingerprint density at radius 1 is 0.662 bits per heavy atom. The molecular formula is C49H75NO18. The Balaban J connectivity index is 1.90. The van der Waals surface area contributed by atoms with Crippen LogP contribution in [0.15, 0.2) is 85.1 Å². The second-order valence-electron chi connectivity index (χ2n) is 18.2. The molecule has 0 saturated carbocycles. The SMILES string of the molecule is CC(=O)N[C@@H]1[C@H](O)[C@H](O[C@H]2/C=C/C=C/C=C/C=C/C=C/C=C/C=C/[C@H](C)[C@@H](O)[C@@H](C)[C@H](C)OC(=O)C[C@H](O)C[C@H](O)CC[C@@H](O)[C@H](O)C[C@H](O)C[C@]3(O)C[C@H](O)[C@@H](C(=O)O)[C@H](C2)O3)O[C@H](C)[C@H]1O. The second kappa shape index (κ2) is 28.7. The number of hydrogen-bond acceptors (Lipinski definition) is 17. The third-order valence-corrected chi connectivity index (χ3v) is 12.3. The van der Waals surface area contributed by atoms with E-state index in [0.29, 0.717) is 0 Å². The van der Waals surface area contributed by atoms with E-state index in [1.54, 1.807) is 86.8 Å². The number of carboxylic acids is 1. The zero-order chi connectivity index (χ0) is 50.7. The lowest BCUT2D eigenvalue weighted by molar-refractivity contribution is -0.309. The third kappa shape index (κ3) is 19.5. The summed E-state index contributed by atoms with van der Waals surface area (Å²) in [4.78, 5) is 37.1. The molecule has 2 saturated heterocycles. The summed E-state index contributed by atoms with van der Waals surface area (Å²) in [7, 11) is 0. The van der Waals surface area contributed by atoms with Crippen molar-refractivity contribution in [2.45, 2.75) is 183 Å². The molecule has 0 aliphatic carbocycles. The molecule has 19 nitrogen and oxygen atoms in total. The highest BCUT2D eigenvalue weighted by molar-refractivity contribution is 5.73. The predicted molar refractivity (Wildman–Crippen MR) is 247 cm³/mol. The van der Waals surface area contributed by atoms with Crippen LogP contribution in [0.2, 0.25) is 0 Å². The Bertz CT molecular complexity index is 1780. The van der Waals surface area contributed by atoms with Crippen molar-refractivity contribution in [1.82, 2.24) is 5.32 Å². The number of cyclic esters (lactones) is 1. The highest BCUT2D eigenvalue weighted by Crippen LogP contribution is 2.38. The number of nitrogens with one attached hydrogen (secondary N) is 1. The highest BCUT2D eigenvalue weighted by Gasteiger charge is 2.51. The zero-order valence-corrected chi connectivity index (χ0v) is 39.4. The molecule has 0 aromatic heterocycles. The molecule has 0 unspecified atom stereocenters. The normalized spacial score (nSPS) is 43.9. The fourth-order valence-corrected chi connectivity index (χ4v) is 8.34. The van der Waals surface area contributed by atoms with E-state index in [1.807, 2.05) is 13.0 Å². The first-order chi connectivity index (χ1) is 32.0. The molecule has 3 aliphatic heterocycles. The molecule has 0 aromatic rings. The van der Waals surface area contributed by atoms with E-state index in [-0.39, 0.29) is 31.6 Å². The van der Waals surface area contributed by atoms with Gasteiger partial charge in [0.1, 0.15) is 24.2 Å². The maximum atomic E-state index is 12.6. The van der Waals surface area contributed by atoms with Crippen LogP contribution in [-0.4, -0.2) is 171 Å². The summed E-state index contributed by atoms with van der Waals surface area (Å²) < 4.78 is 23.3. The average molecular weight is 966 g/mol. The van der Waals surface area contributed by atoms with Gasteiger partial charge in [-0.1, -0.05) is 98.9 Å². The van der Waals surface area contributed by atoms with E-state index < -0.39 is 153 Å². The molecule has 3 aliphatic rings. The number of fused-ring (bicyclic) bond motifs is 2. The molecule has 12 N–H and O–H groups in total. The van der Waals surface area contributed by atoms with Crippen LogP contribution in [-0.2, 0) is 33.3 Å². The van der Waals surface area contributed by atoms with Gasteiger partial charge in [-0.05, 0) is 33.1 Å². The lowest BCUT2D eigenvalue weighted by atomic mass is 9.82. The van der Waals surface area contributed by atoms with Crippen molar-refractivity contribution >= 4 is 17.8 Å². The number of rotatable bonds is 4. The van der Waals surface area contributed by atoms with Gasteiger partial charge in [-0.25, -0.2) is 0 Å². The third-order valence-electron chi connectivity index (χ3n) is 12.3. The first-order valence-electron chi connectivity index (χ1n) is 23.2. The van der Waals surface area contributed by atoms with Crippen LogP contribution in [0.4, 0.5) is 0 Å². The average Bonchev–Trinajstić information content (AvgIpc) is 3.24. The quantitative estimate of drug-likeness (QED) is 0.174. The Morgan fingerprint density at radius 3 is 1.81 bits per heavy atom. The van der Waals surface area contributed by atoms with Crippen LogP contribution < -0.4 is 5.32 Å². The number of amides is 1. The van der Waals surface area contributed by atoms with Gasteiger partial charge in [-0.15, -0.1) is 0 Å². The number of hydrogen-bond donors (Lipinski definition) is 12. The standard InChI is InChI=1S/C49H75NO18/c1-28-18-16-14-12-10-8-6-7-9-11-13-15-17-19-36(67-48-46(61)43(50-32(5)51)45(60)31(4)66-48)25-40-42(47(62)63)39(57)27-49(64,68-40)26-35(54)23-38(56)37(55)21-20-33(52)22-34(53)24-41(58)65-30(3)29(2)44(28)59/h6-19,28-31,33-40,42-46,48,52-57,59-61,64H,20-27H2,1-5H3,(H,50,51)(H,62,63)/b7-6+,10-8+,11-9+,14-12+,15-13+,18-16+,19-17+/t28-,29-,30-,31+,33+,34+,35-,36-,37+,38+,39-,40-,42+,43-,44+,45+,46-,48-,49+/m0/s1. The molecule has 3 rings (SSSR count). The molecule has 68 heavy (non-hydrogen) atoms. The van der Waals surface area contributed by atoms with Gasteiger partial charge in [0.2, 0.25) is 5.91 Å². The molecule has 19 heteroatoms. The zero-order valence-electron chi connectivity index (χ0n) is 39.4. The molecule has 0 aromatic carbocycles. The summed E-state index contributed by atoms with van der Waals surface area (Å²) in [5.74, 6) is -7.49. The summed E-state index contributed by atoms with van der Waals surface area (Å²) in [6.45, 7) is 7.90. The number of aliphatic hydroxyl groups is 10. The van der Waals surface area contributed by atoms with E-state index in [2.05, 4.69) is 5.32 Å². The Hall–Kier alpha value is -3.93. The molecule has 1 amide bonds. The summed E-state index contributed by atoms with van der Waals surface area (Å²) in [6.07, 6.45) is 2.48. The minimum Gasteiger partial charge on any atom is -0.481 e. The van der Waals surface area contributed by atoms with Crippen molar-refractivity contribution in [3.8, 4) is 0 Å². The maximum absolute atomic E-state index is 12.6. The molecular weight excluding hydrogens is 891 g/mol. The number of allylic oxidation sites excluding steroid dienone is 12. The molecule has 19 atom stereocenters. The molecule has 3 heterocycles. The van der Waals surface area contributed by atoms with Crippen molar-refractivity contribution in [3.05, 3.63) is 85.1 Å². The van der Waals surface area contributed by atoms with Gasteiger partial charge in [0.15, 0.2) is 12.1 Å². The van der Waals surface area contributed by atoms with E-state index >= 15 is 0 Å². The molecule has 2 fully saturated rings. The van der Waals surface area contributed by atoms with Gasteiger partial charge in [0.05, 0.1) is 73.5 Å². The lowest BCUT2D eigenvalue weighted by Gasteiger charge is -2.45. The van der Waals surface area contributed by atoms with Crippen molar-refractivity contribution in [3.63, 3.8) is 0 Å². The minimum atomic E-state index is -2.36. The number of carboxylic acid groups (broad SMARTS) is 1. The first kappa shape index (κ1) is 58.4. The fourth-order valence-electron chi connectivity index (χ4n) is 8.34. The van der Waals surface area contributed by atoms with Gasteiger partial charge >= 0.3 is 11.9 Å². The topological polar surface area (TPSA) is 323 Å². The summed E-state index contributed by atoms with van der Waals surface area (Å²) >= 11 is 0. The molecule has 2 bridgehead atoms. The maximum Gasteiger partial charge on any atom is 0.311 e. The van der Waals surface area contributed by atoms with Crippen LogP contribution >= 0.6 is 0 Å². The number of carbonyl (C=O) groups is 3. The van der Waals surface area contributed by atoms with Gasteiger partial charge in [-0.3, -0.25) is 14.4 Å². The van der Waals surface area contributed by atoms with Crippen LogP contribution in [0.1, 0.15) is 86.0 Å². The Morgan fingerprint density at radius 2 is 1.24 bits per heavy atom. The van der Waals surface area contributed by atoms with E-state index in [0.717, 1.165) is 0 Å². The number of esters is 1. The lowest BCUT2D eigenvalue weighted by Crippen LogP contribution is -2.64. The minimum absolute atomic E-state index is 0.119. The monoisotopic (exact) mass is 965 g/mol. The molecule has 384 valence electrons. The van der Waals surface area contributed by atoms with Gasteiger partial charge in [0, 0.05) is 44.4 Å². The van der Waals surface area contributed by atoms with Gasteiger partial charge < -0.3 is 80.4 Å². The first-order valence-corrected chi connectivity index (χ1v) is 23.2. The number of carbonyl (C=O) groups excluding carboxylic acids is 2. The van der Waals surface area contributed by atoms with Crippen molar-refractivity contribution in [1.29, 1.82) is 0 Å². The van der Waals surface area contributed by atoms with Crippen LogP contribution in [0.5, 0.6) is 0 Å². The van der Waals surface area contributed by atoms with Crippen molar-refractivity contribution in [2.75, 3.05) is 0 Å². The number of aliphatic carboxylic acids is 1. The smallest absolute Gasteiger partial charge is 0.311 e. The fraction of sp³-hybridized carbons (Fsp3) is 0.653. The Kier molecular flexibility index (Phi) is 24.6. The number of aliphatic hydroxyl groups excluding tert-OH is 9. The summed E-state index contributed by atoms with van der Waals surface area (Å²) in [5.41, 5.74) is 0. The van der Waals surface area contributed by atoms with Crippen LogP contribution in [0.25, 0.3) is 0 Å². The summed E-state index contributed by atoms with van der Waals surface area (Å²) in [5, 5.41) is 122. The molecule has 0 spiro atoms. The van der Waals surface area contributed by atoms with Crippen molar-refractivity contribution in [2.24, 2.45) is 17.8 Å². The van der Waals surface area contributed by atoms with Gasteiger partial charge in [-0.2, -0.15) is 0 Å². The van der Waals surface area contributed by atoms with E-state index in [9.17, 15) is 70.6 Å².